The molecule has 0 aliphatic carbocycles. The molecule has 0 unspecified atom stereocenters. The number of non-ortho nitro benzene ring substituents is 1. The molecule has 1 heterocycles. The van der Waals surface area contributed by atoms with Crippen molar-refractivity contribution in [2.45, 2.75) is 0 Å². The summed E-state index contributed by atoms with van der Waals surface area (Å²) in [6.45, 7) is 0. The number of hydrogen-bond donors (Lipinski definition) is 0. The van der Waals surface area contributed by atoms with E-state index in [0.29, 0.717) is 0 Å². The molecule has 0 spiro atoms. The van der Waals surface area contributed by atoms with Gasteiger partial charge in [-0.05, 0) is 6.07 Å². The average Bonchev–Trinajstić information content (AvgIpc) is 2.69. The first kappa shape index (κ1) is 9.32. The van der Waals surface area contributed by atoms with Crippen LogP contribution in [0.15, 0.2) is 35.1 Å². The molecule has 0 fully saturated rings. The summed E-state index contributed by atoms with van der Waals surface area (Å²) in [5.41, 5.74) is -0.0881. The van der Waals surface area contributed by atoms with E-state index in [2.05, 4.69) is 4.98 Å². The third-order valence-corrected chi connectivity index (χ3v) is 1.77. The van der Waals surface area contributed by atoms with Gasteiger partial charge >= 0.3 is 0 Å². The van der Waals surface area contributed by atoms with Crippen LogP contribution in [0.3, 0.4) is 0 Å². The van der Waals surface area contributed by atoms with Crippen molar-refractivity contribution in [3.8, 4) is 11.5 Å². The number of rotatable bonds is 2. The molecule has 0 atom stereocenters. The van der Waals surface area contributed by atoms with Gasteiger partial charge in [0.2, 0.25) is 5.89 Å². The molecule has 6 heteroatoms. The summed E-state index contributed by atoms with van der Waals surface area (Å²) in [6.07, 6.45) is 2.69. The maximum Gasteiger partial charge on any atom is 0.273 e. The van der Waals surface area contributed by atoms with Crippen molar-refractivity contribution < 1.29 is 13.7 Å². The maximum absolute atomic E-state index is 13.0. The van der Waals surface area contributed by atoms with Gasteiger partial charge in [-0.1, -0.05) is 0 Å². The van der Waals surface area contributed by atoms with Crippen molar-refractivity contribution >= 4 is 5.69 Å². The second kappa shape index (κ2) is 3.49. The van der Waals surface area contributed by atoms with Gasteiger partial charge in [-0.15, -0.1) is 0 Å². The lowest BCUT2D eigenvalue weighted by Crippen LogP contribution is -1.90. The largest absolute Gasteiger partial charge is 0.445 e. The molecule has 0 amide bonds. The Labute approximate surface area is 83.3 Å². The highest BCUT2D eigenvalue weighted by Crippen LogP contribution is 2.23. The number of nitro benzene ring substituents is 1. The fraction of sp³-hybridized carbons (Fsp3) is 0. The van der Waals surface area contributed by atoms with Crippen molar-refractivity contribution in [3.05, 3.63) is 46.6 Å². The predicted octanol–water partition coefficient (Wildman–Crippen LogP) is 2.39. The molecule has 5 nitrogen and oxygen atoms in total. The second-order valence-electron chi connectivity index (χ2n) is 2.79. The van der Waals surface area contributed by atoms with Crippen LogP contribution < -0.4 is 0 Å². The summed E-state index contributed by atoms with van der Waals surface area (Å²) < 4.78 is 17.9. The molecule has 0 saturated heterocycles. The van der Waals surface area contributed by atoms with Crippen LogP contribution in [-0.4, -0.2) is 9.91 Å². The minimum absolute atomic E-state index is 0.151. The molecule has 1 aromatic carbocycles. The van der Waals surface area contributed by atoms with Crippen molar-refractivity contribution in [1.29, 1.82) is 0 Å². The van der Waals surface area contributed by atoms with E-state index < -0.39 is 10.7 Å². The smallest absolute Gasteiger partial charge is 0.273 e. The summed E-state index contributed by atoms with van der Waals surface area (Å²) >= 11 is 0. The van der Waals surface area contributed by atoms with E-state index in [1.54, 1.807) is 0 Å². The highest BCUT2D eigenvalue weighted by atomic mass is 19.1. The molecule has 2 rings (SSSR count). The van der Waals surface area contributed by atoms with Crippen LogP contribution in [0.25, 0.3) is 11.5 Å². The summed E-state index contributed by atoms with van der Waals surface area (Å²) in [7, 11) is 0. The van der Waals surface area contributed by atoms with Crippen LogP contribution in [0, 0.1) is 15.9 Å². The van der Waals surface area contributed by atoms with E-state index in [1.165, 1.54) is 18.5 Å². The summed E-state index contributed by atoms with van der Waals surface area (Å²) in [4.78, 5) is 13.6. The van der Waals surface area contributed by atoms with Gasteiger partial charge in [-0.25, -0.2) is 9.37 Å². The zero-order chi connectivity index (χ0) is 10.8. The first-order valence-electron chi connectivity index (χ1n) is 4.01. The second-order valence-corrected chi connectivity index (χ2v) is 2.79. The zero-order valence-corrected chi connectivity index (χ0v) is 7.38. The number of halogens is 1. The van der Waals surface area contributed by atoms with Crippen LogP contribution in [-0.2, 0) is 0 Å². The molecule has 0 saturated carbocycles. The van der Waals surface area contributed by atoms with Gasteiger partial charge in [0.1, 0.15) is 12.1 Å². The van der Waals surface area contributed by atoms with Gasteiger partial charge in [0, 0.05) is 11.6 Å². The first-order valence-corrected chi connectivity index (χ1v) is 4.01. The van der Waals surface area contributed by atoms with E-state index in [0.717, 1.165) is 12.1 Å². The Bertz CT molecular complexity index is 496. The third-order valence-electron chi connectivity index (χ3n) is 1.77. The molecule has 76 valence electrons. The summed E-state index contributed by atoms with van der Waals surface area (Å²) in [5.74, 6) is -0.546. The van der Waals surface area contributed by atoms with Gasteiger partial charge in [-0.2, -0.15) is 0 Å². The third kappa shape index (κ3) is 1.83. The molecular weight excluding hydrogens is 203 g/mol. The molecule has 15 heavy (non-hydrogen) atoms. The topological polar surface area (TPSA) is 69.2 Å². The van der Waals surface area contributed by atoms with Gasteiger partial charge in [0.15, 0.2) is 0 Å². The lowest BCUT2D eigenvalue weighted by Gasteiger charge is -1.96. The Morgan fingerprint density at radius 2 is 2.20 bits per heavy atom. The molecule has 0 N–H and O–H groups in total. The Morgan fingerprint density at radius 1 is 1.40 bits per heavy atom. The quantitative estimate of drug-likeness (QED) is 0.561. The molecule has 0 bridgehead atoms. The number of aromatic nitrogens is 1. The number of nitro groups is 1. The van der Waals surface area contributed by atoms with E-state index in [1.807, 2.05) is 0 Å². The van der Waals surface area contributed by atoms with E-state index in [9.17, 15) is 14.5 Å². The standard InChI is InChI=1S/C9H5FN2O3/c10-7-3-6(9-11-1-2-15-9)4-8(5-7)12(13)14/h1-5H. The predicted molar refractivity (Wildman–Crippen MR) is 48.6 cm³/mol. The maximum atomic E-state index is 13.0. The lowest BCUT2D eigenvalue weighted by molar-refractivity contribution is -0.385. The van der Waals surface area contributed by atoms with Crippen LogP contribution >= 0.6 is 0 Å². The lowest BCUT2D eigenvalue weighted by atomic mass is 10.2. The Balaban J connectivity index is 2.54. The number of nitrogens with zero attached hydrogens (tertiary/aromatic N) is 2. The Hall–Kier alpha value is -2.24. The minimum atomic E-state index is -0.697. The highest BCUT2D eigenvalue weighted by Gasteiger charge is 2.12. The fourth-order valence-corrected chi connectivity index (χ4v) is 1.17. The molecule has 2 aromatic rings. The van der Waals surface area contributed by atoms with Gasteiger partial charge in [-0.3, -0.25) is 10.1 Å². The number of hydrogen-bond acceptors (Lipinski definition) is 4. The summed E-state index contributed by atoms with van der Waals surface area (Å²) in [5, 5.41) is 10.5. The molecule has 1 aromatic heterocycles. The zero-order valence-electron chi connectivity index (χ0n) is 7.38. The fourth-order valence-electron chi connectivity index (χ4n) is 1.17. The number of oxazole rings is 1. The van der Waals surface area contributed by atoms with E-state index in [-0.39, 0.29) is 17.1 Å². The van der Waals surface area contributed by atoms with Gasteiger partial charge in [0.05, 0.1) is 17.2 Å². The summed E-state index contributed by atoms with van der Waals surface area (Å²) in [6, 6.07) is 3.17. The molecular formula is C9H5FN2O3. The first-order chi connectivity index (χ1) is 7.16. The van der Waals surface area contributed by atoms with Crippen molar-refractivity contribution in [1.82, 2.24) is 4.98 Å². The number of benzene rings is 1. The molecule has 0 aliphatic rings. The SMILES string of the molecule is O=[N+]([O-])c1cc(F)cc(-c2ncco2)c1. The monoisotopic (exact) mass is 208 g/mol. The van der Waals surface area contributed by atoms with Gasteiger partial charge < -0.3 is 4.42 Å². The van der Waals surface area contributed by atoms with E-state index >= 15 is 0 Å². The van der Waals surface area contributed by atoms with Crippen molar-refractivity contribution in [3.63, 3.8) is 0 Å². The highest BCUT2D eigenvalue weighted by molar-refractivity contribution is 5.57. The van der Waals surface area contributed by atoms with Crippen LogP contribution in [0.1, 0.15) is 0 Å². The normalized spacial score (nSPS) is 10.2. The van der Waals surface area contributed by atoms with Crippen LogP contribution in [0.4, 0.5) is 10.1 Å². The van der Waals surface area contributed by atoms with Crippen LogP contribution in [0.2, 0.25) is 0 Å². The van der Waals surface area contributed by atoms with Gasteiger partial charge in [0.25, 0.3) is 5.69 Å². The minimum Gasteiger partial charge on any atom is -0.445 e. The van der Waals surface area contributed by atoms with Crippen LogP contribution in [0.5, 0.6) is 0 Å². The van der Waals surface area contributed by atoms with E-state index in [4.69, 9.17) is 4.42 Å². The average molecular weight is 208 g/mol. The molecule has 0 aliphatic heterocycles. The molecule has 0 radical (unpaired) electrons. The van der Waals surface area contributed by atoms with Crippen molar-refractivity contribution in [2.24, 2.45) is 0 Å². The Morgan fingerprint density at radius 3 is 2.80 bits per heavy atom. The van der Waals surface area contributed by atoms with Crippen molar-refractivity contribution in [2.75, 3.05) is 0 Å². The Kier molecular flexibility index (Phi) is 2.17.